The molecular formula is C26H25F3N4O4. The van der Waals surface area contributed by atoms with Crippen LogP contribution < -0.4 is 15.8 Å². The van der Waals surface area contributed by atoms with Gasteiger partial charge in [-0.15, -0.1) is 13.2 Å². The number of nitrogens with zero attached hydrogens (tertiary/aromatic N) is 2. The molecule has 0 bridgehead atoms. The summed E-state index contributed by atoms with van der Waals surface area (Å²) in [7, 11) is 0. The van der Waals surface area contributed by atoms with E-state index in [9.17, 15) is 27.6 Å². The standard InChI is InChI=1S/C26H25F3N4O4/c27-26(28,29)37-20-7-4-18(5-8-20)25(11-12-25)24(36)33-15-1-2-21(33)23(35)32-19(16-22(30)34)6-3-17-9-13-31-14-10-17/h4-5,7-10,13-14,19,21H,1-2,11-12,15-16H2,(H2,30,34)(H,32,35)/t19-,21+/m1/s1. The number of hydrogen-bond acceptors (Lipinski definition) is 5. The smallest absolute Gasteiger partial charge is 0.406 e. The highest BCUT2D eigenvalue weighted by Gasteiger charge is 2.55. The molecular weight excluding hydrogens is 489 g/mol. The summed E-state index contributed by atoms with van der Waals surface area (Å²) in [5, 5.41) is 2.74. The Bertz CT molecular complexity index is 1220. The summed E-state index contributed by atoms with van der Waals surface area (Å²) in [4.78, 5) is 43.7. The van der Waals surface area contributed by atoms with Crippen molar-refractivity contribution in [3.05, 3.63) is 59.9 Å². The van der Waals surface area contributed by atoms with Crippen molar-refractivity contribution >= 4 is 17.7 Å². The van der Waals surface area contributed by atoms with Gasteiger partial charge in [0.25, 0.3) is 0 Å². The summed E-state index contributed by atoms with van der Waals surface area (Å²) < 4.78 is 41.3. The Morgan fingerprint density at radius 3 is 2.43 bits per heavy atom. The van der Waals surface area contributed by atoms with Crippen LogP contribution in [0.3, 0.4) is 0 Å². The summed E-state index contributed by atoms with van der Waals surface area (Å²) in [6.07, 6.45) is 0.238. The van der Waals surface area contributed by atoms with Crippen LogP contribution in [-0.2, 0) is 19.8 Å². The van der Waals surface area contributed by atoms with Crippen molar-refractivity contribution in [2.75, 3.05) is 6.54 Å². The third-order valence-electron chi connectivity index (χ3n) is 6.41. The zero-order chi connectivity index (χ0) is 26.6. The van der Waals surface area contributed by atoms with Gasteiger partial charge in [0, 0.05) is 24.5 Å². The number of ether oxygens (including phenoxy) is 1. The molecule has 37 heavy (non-hydrogen) atoms. The van der Waals surface area contributed by atoms with E-state index in [0.717, 1.165) is 0 Å². The van der Waals surface area contributed by atoms with Gasteiger partial charge in [-0.1, -0.05) is 24.0 Å². The minimum atomic E-state index is -4.81. The van der Waals surface area contributed by atoms with E-state index in [1.54, 1.807) is 24.5 Å². The Labute approximate surface area is 211 Å². The molecule has 1 aromatic carbocycles. The molecule has 4 rings (SSSR count). The minimum Gasteiger partial charge on any atom is -0.406 e. The molecule has 3 N–H and O–H groups in total. The van der Waals surface area contributed by atoms with E-state index in [-0.39, 0.29) is 18.1 Å². The summed E-state index contributed by atoms with van der Waals surface area (Å²) >= 11 is 0. The predicted octanol–water partition coefficient (Wildman–Crippen LogP) is 2.41. The summed E-state index contributed by atoms with van der Waals surface area (Å²) in [5.41, 5.74) is 5.68. The van der Waals surface area contributed by atoms with E-state index in [1.807, 2.05) is 0 Å². The zero-order valence-electron chi connectivity index (χ0n) is 19.8. The number of aromatic nitrogens is 1. The number of amides is 3. The van der Waals surface area contributed by atoms with Crippen molar-refractivity contribution in [2.24, 2.45) is 5.73 Å². The molecule has 194 valence electrons. The van der Waals surface area contributed by atoms with Gasteiger partial charge < -0.3 is 20.7 Å². The van der Waals surface area contributed by atoms with E-state index in [1.165, 1.54) is 29.2 Å². The van der Waals surface area contributed by atoms with Gasteiger partial charge in [-0.05, 0) is 55.5 Å². The number of carbonyl (C=O) groups excluding carboxylic acids is 3. The molecule has 1 saturated carbocycles. The van der Waals surface area contributed by atoms with Crippen molar-refractivity contribution in [2.45, 2.75) is 56.0 Å². The van der Waals surface area contributed by atoms with Crippen LogP contribution in [0.2, 0.25) is 0 Å². The van der Waals surface area contributed by atoms with Crippen LogP contribution in [0.1, 0.15) is 43.2 Å². The Morgan fingerprint density at radius 1 is 1.16 bits per heavy atom. The number of halogens is 3. The molecule has 0 radical (unpaired) electrons. The number of rotatable bonds is 7. The van der Waals surface area contributed by atoms with Crippen LogP contribution >= 0.6 is 0 Å². The molecule has 2 fully saturated rings. The predicted molar refractivity (Wildman–Crippen MR) is 126 cm³/mol. The lowest BCUT2D eigenvalue weighted by atomic mass is 9.93. The zero-order valence-corrected chi connectivity index (χ0v) is 19.8. The maximum atomic E-state index is 13.6. The van der Waals surface area contributed by atoms with Crippen molar-refractivity contribution in [3.8, 4) is 17.6 Å². The second-order valence-electron chi connectivity index (χ2n) is 9.05. The quantitative estimate of drug-likeness (QED) is 0.551. The first-order valence-corrected chi connectivity index (χ1v) is 11.7. The Kier molecular flexibility index (Phi) is 7.38. The van der Waals surface area contributed by atoms with E-state index < -0.39 is 35.7 Å². The molecule has 2 atom stereocenters. The third-order valence-corrected chi connectivity index (χ3v) is 6.41. The van der Waals surface area contributed by atoms with Gasteiger partial charge in [0.15, 0.2) is 0 Å². The summed E-state index contributed by atoms with van der Waals surface area (Å²) in [5.74, 6) is 4.04. The van der Waals surface area contributed by atoms with E-state index in [2.05, 4.69) is 26.9 Å². The van der Waals surface area contributed by atoms with Crippen LogP contribution in [0.4, 0.5) is 13.2 Å². The highest BCUT2D eigenvalue weighted by Crippen LogP contribution is 2.50. The molecule has 2 heterocycles. The second-order valence-corrected chi connectivity index (χ2v) is 9.05. The topological polar surface area (TPSA) is 115 Å². The van der Waals surface area contributed by atoms with Crippen molar-refractivity contribution in [1.29, 1.82) is 0 Å². The van der Waals surface area contributed by atoms with Crippen LogP contribution in [0.5, 0.6) is 5.75 Å². The Hall–Kier alpha value is -4.07. The molecule has 0 spiro atoms. The third kappa shape index (κ3) is 6.39. The molecule has 0 unspecified atom stereocenters. The van der Waals surface area contributed by atoms with Crippen molar-refractivity contribution < 1.29 is 32.3 Å². The number of nitrogens with one attached hydrogen (secondary N) is 1. The first-order valence-electron chi connectivity index (χ1n) is 11.7. The molecule has 8 nitrogen and oxygen atoms in total. The van der Waals surface area contributed by atoms with Gasteiger partial charge in [0.1, 0.15) is 11.8 Å². The first kappa shape index (κ1) is 26.0. The van der Waals surface area contributed by atoms with Crippen LogP contribution in [0.15, 0.2) is 48.8 Å². The molecule has 3 amide bonds. The fourth-order valence-electron chi connectivity index (χ4n) is 4.50. The van der Waals surface area contributed by atoms with E-state index in [4.69, 9.17) is 5.73 Å². The van der Waals surface area contributed by atoms with Crippen molar-refractivity contribution in [3.63, 3.8) is 0 Å². The number of pyridine rings is 1. The number of hydrogen-bond donors (Lipinski definition) is 2. The molecule has 1 aliphatic heterocycles. The molecule has 1 saturated heterocycles. The van der Waals surface area contributed by atoms with Gasteiger partial charge in [0.05, 0.1) is 17.9 Å². The lowest BCUT2D eigenvalue weighted by Gasteiger charge is -2.29. The van der Waals surface area contributed by atoms with Gasteiger partial charge in [-0.25, -0.2) is 0 Å². The lowest BCUT2D eigenvalue weighted by Crippen LogP contribution is -2.51. The average molecular weight is 515 g/mol. The van der Waals surface area contributed by atoms with Gasteiger partial charge in [0.2, 0.25) is 17.7 Å². The average Bonchev–Trinajstić information content (AvgIpc) is 3.50. The minimum absolute atomic E-state index is 0.194. The monoisotopic (exact) mass is 514 g/mol. The largest absolute Gasteiger partial charge is 0.573 e. The number of carbonyl (C=O) groups is 3. The Morgan fingerprint density at radius 2 is 1.84 bits per heavy atom. The maximum absolute atomic E-state index is 13.6. The summed E-state index contributed by atoms with van der Waals surface area (Å²) in [6.45, 7) is 0.372. The highest BCUT2D eigenvalue weighted by molar-refractivity contribution is 5.96. The Balaban J connectivity index is 1.46. The molecule has 2 aliphatic rings. The molecule has 2 aromatic rings. The SMILES string of the molecule is NC(=O)C[C@@H](C#Cc1ccncc1)NC(=O)[C@@H]1CCCN1C(=O)C1(c2ccc(OC(F)(F)F)cc2)CC1. The fraction of sp³-hybridized carbons (Fsp3) is 0.385. The maximum Gasteiger partial charge on any atom is 0.573 e. The van der Waals surface area contributed by atoms with Crippen molar-refractivity contribution in [1.82, 2.24) is 15.2 Å². The van der Waals surface area contributed by atoms with Crippen LogP contribution in [-0.4, -0.2) is 52.6 Å². The van der Waals surface area contributed by atoms with Gasteiger partial charge in [-0.2, -0.15) is 0 Å². The molecule has 11 heteroatoms. The number of alkyl halides is 3. The number of benzene rings is 1. The van der Waals surface area contributed by atoms with Gasteiger partial charge >= 0.3 is 6.36 Å². The summed E-state index contributed by atoms with van der Waals surface area (Å²) in [6, 6.07) is 7.04. The van der Waals surface area contributed by atoms with Gasteiger partial charge in [-0.3, -0.25) is 19.4 Å². The normalized spacial score (nSPS) is 18.8. The highest BCUT2D eigenvalue weighted by atomic mass is 19.4. The van der Waals surface area contributed by atoms with Crippen LogP contribution in [0, 0.1) is 11.8 Å². The molecule has 1 aromatic heterocycles. The lowest BCUT2D eigenvalue weighted by molar-refractivity contribution is -0.274. The number of nitrogens with two attached hydrogens (primary N) is 1. The number of likely N-dealkylation sites (tertiary alicyclic amines) is 1. The van der Waals surface area contributed by atoms with E-state index in [0.29, 0.717) is 43.4 Å². The fourth-order valence-corrected chi connectivity index (χ4v) is 4.50. The number of primary amides is 1. The molecule has 1 aliphatic carbocycles. The first-order chi connectivity index (χ1) is 17.6. The van der Waals surface area contributed by atoms with E-state index >= 15 is 0 Å². The van der Waals surface area contributed by atoms with Crippen LogP contribution in [0.25, 0.3) is 0 Å². The second kappa shape index (κ2) is 10.5.